The molecule has 1 unspecified atom stereocenters. The van der Waals surface area contributed by atoms with Gasteiger partial charge in [0.1, 0.15) is 33.8 Å². The van der Waals surface area contributed by atoms with E-state index in [1.807, 2.05) is 0 Å². The van der Waals surface area contributed by atoms with E-state index in [9.17, 15) is 28.1 Å². The highest BCUT2D eigenvalue weighted by Crippen LogP contribution is 2.32. The molecule has 0 saturated heterocycles. The molecule has 13 heteroatoms. The monoisotopic (exact) mass is 574 g/mol. The molecule has 3 aromatic carbocycles. The van der Waals surface area contributed by atoms with Crippen LogP contribution < -0.4 is 18.9 Å². The Morgan fingerprint density at radius 1 is 0.875 bits per heavy atom. The summed E-state index contributed by atoms with van der Waals surface area (Å²) in [6, 6.07) is 18.0. The van der Waals surface area contributed by atoms with Crippen LogP contribution in [0.4, 0.5) is 18.9 Å². The maximum absolute atomic E-state index is 12.7. The summed E-state index contributed by atoms with van der Waals surface area (Å²) in [6.07, 6.45) is -4.80. The van der Waals surface area contributed by atoms with Crippen molar-refractivity contribution in [2.45, 2.75) is 19.2 Å². The van der Waals surface area contributed by atoms with Crippen LogP contribution >= 0.6 is 11.6 Å². The van der Waals surface area contributed by atoms with Gasteiger partial charge in [0, 0.05) is 24.4 Å². The molecule has 4 rings (SSSR count). The van der Waals surface area contributed by atoms with E-state index in [4.69, 9.17) is 30.5 Å². The molecule has 40 heavy (non-hydrogen) atoms. The van der Waals surface area contributed by atoms with Crippen molar-refractivity contribution in [1.29, 1.82) is 0 Å². The fourth-order valence-corrected chi connectivity index (χ4v) is 3.42. The van der Waals surface area contributed by atoms with Crippen LogP contribution in [0.3, 0.4) is 0 Å². The summed E-state index contributed by atoms with van der Waals surface area (Å²) in [7, 11) is 0. The van der Waals surface area contributed by atoms with Gasteiger partial charge in [0.15, 0.2) is 6.10 Å². The predicted molar refractivity (Wildman–Crippen MR) is 136 cm³/mol. The van der Waals surface area contributed by atoms with Gasteiger partial charge in [-0.2, -0.15) is 13.2 Å². The Morgan fingerprint density at radius 2 is 1.45 bits per heavy atom. The van der Waals surface area contributed by atoms with Gasteiger partial charge in [-0.1, -0.05) is 11.6 Å². The summed E-state index contributed by atoms with van der Waals surface area (Å²) in [5.41, 5.74) is -1.13. The number of rotatable bonds is 9. The number of carbonyl (C=O) groups excluding carboxylic acids is 1. The smallest absolute Gasteiger partial charge is 0.417 e. The molecule has 0 aliphatic carbocycles. The second kappa shape index (κ2) is 11.9. The number of alkyl halides is 3. The van der Waals surface area contributed by atoms with E-state index in [2.05, 4.69) is 4.98 Å². The molecule has 0 fully saturated rings. The van der Waals surface area contributed by atoms with Gasteiger partial charge in [0.25, 0.3) is 5.69 Å². The zero-order valence-electron chi connectivity index (χ0n) is 20.4. The molecule has 0 aliphatic heterocycles. The number of pyridine rings is 1. The fraction of sp³-hybridized carbons (Fsp3) is 0.111. The van der Waals surface area contributed by atoms with Crippen LogP contribution in [0.1, 0.15) is 12.5 Å². The highest BCUT2D eigenvalue weighted by Gasteiger charge is 2.30. The third-order valence-electron chi connectivity index (χ3n) is 5.15. The van der Waals surface area contributed by atoms with Crippen molar-refractivity contribution in [3.8, 4) is 34.6 Å². The minimum absolute atomic E-state index is 0.0217. The highest BCUT2D eigenvalue weighted by molar-refractivity contribution is 6.32. The SMILES string of the molecule is CC(Oc1ccc(Oc2ccc(C(F)(F)F)cn2)cc1)C(=O)Oc1ccc(Oc2ccc([N+](=O)[O-])c(Cl)c2)cc1. The lowest BCUT2D eigenvalue weighted by atomic mass is 10.3. The number of nitrogens with zero attached hydrogens (tertiary/aromatic N) is 2. The lowest BCUT2D eigenvalue weighted by molar-refractivity contribution is -0.384. The molecule has 9 nitrogen and oxygen atoms in total. The Morgan fingerprint density at radius 3 is 2.00 bits per heavy atom. The van der Waals surface area contributed by atoms with Crippen LogP contribution in [-0.4, -0.2) is 22.0 Å². The van der Waals surface area contributed by atoms with Gasteiger partial charge in [-0.05, 0) is 67.6 Å². The van der Waals surface area contributed by atoms with Crippen LogP contribution in [0.15, 0.2) is 85.1 Å². The van der Waals surface area contributed by atoms with E-state index in [0.717, 1.165) is 12.1 Å². The van der Waals surface area contributed by atoms with Crippen molar-refractivity contribution in [2.75, 3.05) is 0 Å². The molecule has 0 N–H and O–H groups in total. The lowest BCUT2D eigenvalue weighted by Crippen LogP contribution is -2.28. The molecule has 0 saturated carbocycles. The van der Waals surface area contributed by atoms with Crippen LogP contribution in [-0.2, 0) is 11.0 Å². The molecule has 206 valence electrons. The first kappa shape index (κ1) is 28.2. The summed E-state index contributed by atoms with van der Waals surface area (Å²) in [5, 5.41) is 10.8. The summed E-state index contributed by atoms with van der Waals surface area (Å²) in [5.74, 6) is 0.812. The second-order valence-electron chi connectivity index (χ2n) is 8.08. The van der Waals surface area contributed by atoms with Crippen molar-refractivity contribution in [2.24, 2.45) is 0 Å². The van der Waals surface area contributed by atoms with Crippen LogP contribution in [0.25, 0.3) is 0 Å². The maximum atomic E-state index is 12.7. The van der Waals surface area contributed by atoms with Gasteiger partial charge in [-0.3, -0.25) is 10.1 Å². The fourth-order valence-electron chi connectivity index (χ4n) is 3.18. The first-order chi connectivity index (χ1) is 19.0. The molecule has 4 aromatic rings. The Hall–Kier alpha value is -4.84. The van der Waals surface area contributed by atoms with Crippen molar-refractivity contribution >= 4 is 23.3 Å². The van der Waals surface area contributed by atoms with Crippen molar-refractivity contribution in [3.05, 3.63) is 106 Å². The van der Waals surface area contributed by atoms with E-state index < -0.39 is 28.7 Å². The molecule has 1 aromatic heterocycles. The van der Waals surface area contributed by atoms with E-state index in [0.29, 0.717) is 23.4 Å². The molecular formula is C27H18ClF3N2O7. The molecule has 0 bridgehead atoms. The Kier molecular flexibility index (Phi) is 8.39. The number of carbonyl (C=O) groups is 1. The third-order valence-corrected chi connectivity index (χ3v) is 5.45. The first-order valence-electron chi connectivity index (χ1n) is 11.4. The van der Waals surface area contributed by atoms with Crippen LogP contribution in [0.2, 0.25) is 5.02 Å². The first-order valence-corrected chi connectivity index (χ1v) is 11.8. The molecule has 0 radical (unpaired) electrons. The summed E-state index contributed by atoms with van der Waals surface area (Å²) in [4.78, 5) is 26.4. The van der Waals surface area contributed by atoms with E-state index in [1.165, 1.54) is 73.7 Å². The van der Waals surface area contributed by atoms with E-state index >= 15 is 0 Å². The Bertz CT molecular complexity index is 1500. The summed E-state index contributed by atoms with van der Waals surface area (Å²) < 4.78 is 59.9. The zero-order valence-corrected chi connectivity index (χ0v) is 21.2. The van der Waals surface area contributed by atoms with Crippen molar-refractivity contribution < 1.29 is 41.8 Å². The molecular weight excluding hydrogens is 557 g/mol. The number of aromatic nitrogens is 1. The van der Waals surface area contributed by atoms with Gasteiger partial charge >= 0.3 is 12.1 Å². The number of esters is 1. The topological polar surface area (TPSA) is 110 Å². The minimum atomic E-state index is -4.49. The standard InChI is InChI=1S/C27H18ClF3N2O7/c1-16(37-18-3-7-20(8-4-18)39-25-13-2-17(15-32-25)27(29,30)31)26(34)40-21-9-5-19(6-10-21)38-22-11-12-24(33(35)36)23(28)14-22/h2-16H,1H3. The second-order valence-corrected chi connectivity index (χ2v) is 8.49. The Balaban J connectivity index is 1.28. The molecule has 1 heterocycles. The van der Waals surface area contributed by atoms with Gasteiger partial charge in [0.2, 0.25) is 5.88 Å². The number of hydrogen-bond acceptors (Lipinski definition) is 8. The van der Waals surface area contributed by atoms with E-state index in [1.54, 1.807) is 0 Å². The Labute approximate surface area is 229 Å². The minimum Gasteiger partial charge on any atom is -0.479 e. The van der Waals surface area contributed by atoms with Gasteiger partial charge in [-0.25, -0.2) is 9.78 Å². The number of benzene rings is 3. The molecule has 0 amide bonds. The number of nitro groups is 1. The highest BCUT2D eigenvalue weighted by atomic mass is 35.5. The average molecular weight is 575 g/mol. The largest absolute Gasteiger partial charge is 0.479 e. The van der Waals surface area contributed by atoms with Gasteiger partial charge in [0.05, 0.1) is 10.5 Å². The number of ether oxygens (including phenoxy) is 4. The molecule has 0 aliphatic rings. The predicted octanol–water partition coefficient (Wildman–Crippen LogP) is 7.62. The van der Waals surface area contributed by atoms with Gasteiger partial charge < -0.3 is 18.9 Å². The summed E-state index contributed by atoms with van der Waals surface area (Å²) in [6.45, 7) is 1.49. The third kappa shape index (κ3) is 7.38. The van der Waals surface area contributed by atoms with E-state index in [-0.39, 0.29) is 28.1 Å². The quantitative estimate of drug-likeness (QED) is 0.0869. The number of halogens is 4. The summed E-state index contributed by atoms with van der Waals surface area (Å²) >= 11 is 5.89. The normalized spacial score (nSPS) is 11.8. The lowest BCUT2D eigenvalue weighted by Gasteiger charge is -2.14. The molecule has 0 spiro atoms. The van der Waals surface area contributed by atoms with Crippen LogP contribution in [0, 0.1) is 10.1 Å². The number of hydrogen-bond donors (Lipinski definition) is 0. The molecule has 1 atom stereocenters. The van der Waals surface area contributed by atoms with Crippen molar-refractivity contribution in [3.63, 3.8) is 0 Å². The maximum Gasteiger partial charge on any atom is 0.417 e. The average Bonchev–Trinajstić information content (AvgIpc) is 2.90. The van der Waals surface area contributed by atoms with Crippen LogP contribution in [0.5, 0.6) is 34.6 Å². The number of nitro benzene ring substituents is 1. The zero-order chi connectivity index (χ0) is 28.9. The van der Waals surface area contributed by atoms with Crippen molar-refractivity contribution in [1.82, 2.24) is 4.98 Å². The van der Waals surface area contributed by atoms with Gasteiger partial charge in [-0.15, -0.1) is 0 Å².